The molecule has 6 nitrogen and oxygen atoms in total. The maximum absolute atomic E-state index is 13.3. The standard InChI is InChI=1S/C25H21ClN4O2S2/c26-17-9-7-16(8-10-17)15-34-25-29-20-6-2-1-5-19(20)23-28-21(24(32)30(23)25)11-12-22(31)27-14-18-4-3-13-33-18/h1-10,13,21H,11-12,14-15H2,(H,27,31)/t21-/m1/s1. The van der Waals surface area contributed by atoms with E-state index in [9.17, 15) is 9.59 Å². The normalized spacial score (nSPS) is 16.6. The second-order valence-corrected chi connectivity index (χ2v) is 10.3. The summed E-state index contributed by atoms with van der Waals surface area (Å²) in [5.41, 5.74) is 2.70. The SMILES string of the molecule is O=C(CC[C@H]1N=C2c3ccccc3N=C(SCc3ccc(Cl)cc3)N2C1=O)NCc1cccs1. The van der Waals surface area contributed by atoms with Crippen LogP contribution in [-0.2, 0) is 21.9 Å². The van der Waals surface area contributed by atoms with Gasteiger partial charge in [0, 0.05) is 27.6 Å². The highest BCUT2D eigenvalue weighted by molar-refractivity contribution is 8.13. The molecule has 2 aliphatic heterocycles. The average molecular weight is 509 g/mol. The third-order valence-electron chi connectivity index (χ3n) is 5.51. The van der Waals surface area contributed by atoms with E-state index in [1.165, 1.54) is 11.8 Å². The highest BCUT2D eigenvalue weighted by Crippen LogP contribution is 2.35. The number of aliphatic imine (C=N–C) groups is 2. The lowest BCUT2D eigenvalue weighted by Gasteiger charge is -2.25. The lowest BCUT2D eigenvalue weighted by molar-refractivity contribution is -0.125. The van der Waals surface area contributed by atoms with Crippen LogP contribution in [0.2, 0.25) is 5.02 Å². The zero-order valence-electron chi connectivity index (χ0n) is 18.1. The average Bonchev–Trinajstić information content (AvgIpc) is 3.49. The largest absolute Gasteiger partial charge is 0.351 e. The molecule has 1 atom stereocenters. The second-order valence-electron chi connectivity index (χ2n) is 7.86. The molecule has 9 heteroatoms. The lowest BCUT2D eigenvalue weighted by atomic mass is 10.1. The van der Waals surface area contributed by atoms with E-state index in [0.717, 1.165) is 21.7 Å². The van der Waals surface area contributed by atoms with E-state index >= 15 is 0 Å². The molecule has 0 saturated heterocycles. The zero-order chi connectivity index (χ0) is 23.5. The van der Waals surface area contributed by atoms with Crippen LogP contribution >= 0.6 is 34.7 Å². The summed E-state index contributed by atoms with van der Waals surface area (Å²) in [6.45, 7) is 0.501. The first-order chi connectivity index (χ1) is 16.6. The minimum atomic E-state index is -0.602. The summed E-state index contributed by atoms with van der Waals surface area (Å²) in [6.07, 6.45) is 0.588. The van der Waals surface area contributed by atoms with Gasteiger partial charge in [-0.15, -0.1) is 11.3 Å². The topological polar surface area (TPSA) is 74.1 Å². The molecule has 2 aliphatic rings. The van der Waals surface area contributed by atoms with Gasteiger partial charge in [0.1, 0.15) is 11.9 Å². The number of hydrogen-bond acceptors (Lipinski definition) is 6. The Morgan fingerprint density at radius 2 is 1.94 bits per heavy atom. The number of thiophene rings is 1. The van der Waals surface area contributed by atoms with Crippen molar-refractivity contribution in [2.45, 2.75) is 31.2 Å². The van der Waals surface area contributed by atoms with E-state index < -0.39 is 6.04 Å². The van der Waals surface area contributed by atoms with Gasteiger partial charge in [-0.25, -0.2) is 9.89 Å². The monoisotopic (exact) mass is 508 g/mol. The van der Waals surface area contributed by atoms with Crippen LogP contribution in [0.15, 0.2) is 76.0 Å². The molecular weight excluding hydrogens is 488 g/mol. The fraction of sp³-hybridized carbons (Fsp3) is 0.200. The van der Waals surface area contributed by atoms with Gasteiger partial charge in [-0.1, -0.05) is 53.7 Å². The molecular formula is C25H21ClN4O2S2. The van der Waals surface area contributed by atoms with Crippen LogP contribution in [-0.4, -0.2) is 33.8 Å². The summed E-state index contributed by atoms with van der Waals surface area (Å²) in [4.78, 5) is 37.9. The van der Waals surface area contributed by atoms with Crippen molar-refractivity contribution in [3.63, 3.8) is 0 Å². The number of amides is 2. The highest BCUT2D eigenvalue weighted by atomic mass is 35.5. The highest BCUT2D eigenvalue weighted by Gasteiger charge is 2.41. The van der Waals surface area contributed by atoms with Crippen molar-refractivity contribution in [1.82, 2.24) is 10.2 Å². The van der Waals surface area contributed by atoms with Crippen LogP contribution in [0.5, 0.6) is 0 Å². The number of fused-ring (bicyclic) bond motifs is 3. The third kappa shape index (κ3) is 4.94. The summed E-state index contributed by atoms with van der Waals surface area (Å²) < 4.78 is 0. The molecule has 0 spiro atoms. The quantitative estimate of drug-likeness (QED) is 0.465. The smallest absolute Gasteiger partial charge is 0.259 e. The molecule has 0 fully saturated rings. The van der Waals surface area contributed by atoms with Crippen molar-refractivity contribution >= 4 is 63.2 Å². The molecule has 3 aromatic rings. The van der Waals surface area contributed by atoms with E-state index in [1.54, 1.807) is 16.2 Å². The first kappa shape index (κ1) is 22.8. The fourth-order valence-electron chi connectivity index (χ4n) is 3.77. The Morgan fingerprint density at radius 3 is 2.74 bits per heavy atom. The van der Waals surface area contributed by atoms with E-state index in [2.05, 4.69) is 5.32 Å². The number of amidine groups is 2. The predicted molar refractivity (Wildman–Crippen MR) is 139 cm³/mol. The Morgan fingerprint density at radius 1 is 1.12 bits per heavy atom. The molecule has 2 aromatic carbocycles. The summed E-state index contributed by atoms with van der Waals surface area (Å²) in [5.74, 6) is 1.03. The zero-order valence-corrected chi connectivity index (χ0v) is 20.5. The van der Waals surface area contributed by atoms with Crippen LogP contribution in [0.25, 0.3) is 0 Å². The number of carbonyl (C=O) groups is 2. The molecule has 1 aromatic heterocycles. The van der Waals surface area contributed by atoms with Crippen LogP contribution in [0.1, 0.15) is 28.8 Å². The molecule has 2 amide bonds. The first-order valence-corrected chi connectivity index (χ1v) is 13.1. The van der Waals surface area contributed by atoms with Crippen LogP contribution in [0, 0.1) is 0 Å². The molecule has 3 heterocycles. The molecule has 0 aliphatic carbocycles. The molecule has 5 rings (SSSR count). The van der Waals surface area contributed by atoms with Crippen molar-refractivity contribution in [3.8, 4) is 0 Å². The van der Waals surface area contributed by atoms with E-state index in [4.69, 9.17) is 21.6 Å². The minimum Gasteiger partial charge on any atom is -0.351 e. The molecule has 0 saturated carbocycles. The lowest BCUT2D eigenvalue weighted by Crippen LogP contribution is -2.41. The third-order valence-corrected chi connectivity index (χ3v) is 7.65. The number of carbonyl (C=O) groups excluding carboxylic acids is 2. The maximum atomic E-state index is 13.3. The Balaban J connectivity index is 1.29. The number of nitrogens with one attached hydrogen (secondary N) is 1. The predicted octanol–water partition coefficient (Wildman–Crippen LogP) is 5.39. The fourth-order valence-corrected chi connectivity index (χ4v) is 5.50. The van der Waals surface area contributed by atoms with Gasteiger partial charge in [0.15, 0.2) is 5.17 Å². The molecule has 172 valence electrons. The number of hydrogen-bond donors (Lipinski definition) is 1. The number of benzene rings is 2. The summed E-state index contributed by atoms with van der Waals surface area (Å²) in [7, 11) is 0. The molecule has 1 N–H and O–H groups in total. The van der Waals surface area contributed by atoms with Crippen molar-refractivity contribution < 1.29 is 9.59 Å². The van der Waals surface area contributed by atoms with Gasteiger partial charge >= 0.3 is 0 Å². The van der Waals surface area contributed by atoms with Crippen molar-refractivity contribution in [1.29, 1.82) is 0 Å². The second kappa shape index (κ2) is 10.1. The molecule has 0 bridgehead atoms. The van der Waals surface area contributed by atoms with Gasteiger partial charge in [0.05, 0.1) is 12.2 Å². The number of halogens is 1. The van der Waals surface area contributed by atoms with Crippen LogP contribution in [0.3, 0.4) is 0 Å². The van der Waals surface area contributed by atoms with E-state index in [-0.39, 0.29) is 18.2 Å². The number of para-hydroxylation sites is 1. The number of rotatable bonds is 7. The molecule has 0 radical (unpaired) electrons. The van der Waals surface area contributed by atoms with Crippen molar-refractivity contribution in [3.05, 3.63) is 87.1 Å². The van der Waals surface area contributed by atoms with E-state index in [1.807, 2.05) is 66.0 Å². The Hall–Kier alpha value is -2.94. The van der Waals surface area contributed by atoms with Gasteiger partial charge in [0.25, 0.3) is 5.91 Å². The minimum absolute atomic E-state index is 0.0855. The Labute approximate surface area is 210 Å². The van der Waals surface area contributed by atoms with Gasteiger partial charge in [-0.05, 0) is 47.7 Å². The number of thioether (sulfide) groups is 1. The summed E-state index contributed by atoms with van der Waals surface area (Å²) in [5, 5.41) is 6.18. The Bertz CT molecular complexity index is 1270. The molecule has 0 unspecified atom stereocenters. The first-order valence-electron chi connectivity index (χ1n) is 10.8. The summed E-state index contributed by atoms with van der Waals surface area (Å²) in [6, 6.07) is 18.6. The van der Waals surface area contributed by atoms with Crippen LogP contribution in [0.4, 0.5) is 5.69 Å². The van der Waals surface area contributed by atoms with Crippen molar-refractivity contribution in [2.24, 2.45) is 9.98 Å². The van der Waals surface area contributed by atoms with Gasteiger partial charge in [-0.3, -0.25) is 14.6 Å². The Kier molecular flexibility index (Phi) is 6.80. The molecule has 34 heavy (non-hydrogen) atoms. The van der Waals surface area contributed by atoms with Gasteiger partial charge in [-0.2, -0.15) is 0 Å². The maximum Gasteiger partial charge on any atom is 0.259 e. The van der Waals surface area contributed by atoms with Gasteiger partial charge < -0.3 is 5.32 Å². The van der Waals surface area contributed by atoms with Crippen LogP contribution < -0.4 is 5.32 Å². The number of nitrogens with zero attached hydrogens (tertiary/aromatic N) is 3. The van der Waals surface area contributed by atoms with Crippen molar-refractivity contribution in [2.75, 3.05) is 0 Å². The van der Waals surface area contributed by atoms with Gasteiger partial charge in [0.2, 0.25) is 5.91 Å². The summed E-state index contributed by atoms with van der Waals surface area (Å²) >= 11 is 9.08. The van der Waals surface area contributed by atoms with E-state index in [0.29, 0.717) is 34.7 Å².